The minimum Gasteiger partial charge on any atom is -0.397 e. The van der Waals surface area contributed by atoms with Gasteiger partial charge < -0.3 is 15.3 Å². The van der Waals surface area contributed by atoms with Gasteiger partial charge in [-0.2, -0.15) is 0 Å². The van der Waals surface area contributed by atoms with Crippen LogP contribution in [0.15, 0.2) is 0 Å². The van der Waals surface area contributed by atoms with Gasteiger partial charge in [0.15, 0.2) is 0 Å². The molecule has 0 aromatic rings. The van der Waals surface area contributed by atoms with Crippen molar-refractivity contribution in [1.29, 1.82) is 0 Å². The molecule has 0 aromatic carbocycles. The molecule has 0 aliphatic heterocycles. The topological polar surface area (TPSA) is 60.7 Å². The van der Waals surface area contributed by atoms with E-state index in [1.165, 1.54) is 0 Å². The first-order valence-corrected chi connectivity index (χ1v) is 3.08. The van der Waals surface area contributed by atoms with E-state index in [0.717, 1.165) is 0 Å². The number of hydrogen-bond acceptors (Lipinski definition) is 3. The lowest BCUT2D eigenvalue weighted by molar-refractivity contribution is 0.148. The average Bonchev–Trinajstić information content (AvgIpc) is 1.67. The van der Waals surface area contributed by atoms with Crippen LogP contribution in [-0.2, 0) is 0 Å². The van der Waals surface area contributed by atoms with Crippen molar-refractivity contribution in [3.05, 3.63) is 0 Å². The molecule has 0 aromatic heterocycles. The summed E-state index contributed by atoms with van der Waals surface area (Å²) in [4.78, 5) is 0. The predicted octanol–water partition coefficient (Wildman–Crippen LogP) is -0.252. The molecule has 9 heavy (non-hydrogen) atoms. The number of hydrogen-bond donors (Lipinski definition) is 3. The van der Waals surface area contributed by atoms with Crippen molar-refractivity contribution in [2.24, 2.45) is 0 Å². The Morgan fingerprint density at radius 3 is 1.67 bits per heavy atom. The summed E-state index contributed by atoms with van der Waals surface area (Å²) in [6.07, 6.45) is 0.134. The second-order valence-electron chi connectivity index (χ2n) is 1.68. The molecule has 0 fully saturated rings. The van der Waals surface area contributed by atoms with Crippen molar-refractivity contribution < 1.29 is 15.3 Å². The Bertz CT molecular complexity index is 37.3. The molecule has 0 aliphatic carbocycles. The number of aliphatic hydroxyl groups is 3. The van der Waals surface area contributed by atoms with E-state index in [4.69, 9.17) is 15.3 Å². The second kappa shape index (κ2) is 10.8. The molecule has 0 rings (SSSR count). The molecule has 3 N–H and O–H groups in total. The van der Waals surface area contributed by atoms with E-state index >= 15 is 0 Å². The van der Waals surface area contributed by atoms with Crippen LogP contribution < -0.4 is 0 Å². The molecule has 0 amide bonds. The van der Waals surface area contributed by atoms with Crippen LogP contribution in [0.3, 0.4) is 0 Å². The molecule has 1 unspecified atom stereocenters. The standard InChI is InChI=1S/C4H10O2.C2H6O/c1-4(6)2-3-5;1-2-3/h4-6H,2-3H2,1H3;3H,2H2,1H3. The molecule has 0 saturated heterocycles. The Morgan fingerprint density at radius 1 is 1.33 bits per heavy atom. The van der Waals surface area contributed by atoms with Crippen LogP contribution in [0.4, 0.5) is 0 Å². The van der Waals surface area contributed by atoms with Crippen LogP contribution >= 0.6 is 0 Å². The SMILES string of the molecule is CC(O)CCO.CCO. The first-order valence-electron chi connectivity index (χ1n) is 3.08. The zero-order valence-electron chi connectivity index (χ0n) is 6.04. The van der Waals surface area contributed by atoms with Crippen LogP contribution in [-0.4, -0.2) is 34.6 Å². The van der Waals surface area contributed by atoms with Gasteiger partial charge in [-0.15, -0.1) is 0 Å². The highest BCUT2D eigenvalue weighted by atomic mass is 16.3. The Morgan fingerprint density at radius 2 is 1.67 bits per heavy atom. The second-order valence-corrected chi connectivity index (χ2v) is 1.68. The lowest BCUT2D eigenvalue weighted by Gasteiger charge is -1.95. The molecule has 0 aliphatic rings. The highest BCUT2D eigenvalue weighted by Gasteiger charge is 1.88. The third-order valence-electron chi connectivity index (χ3n) is 0.547. The zero-order chi connectivity index (χ0) is 7.70. The van der Waals surface area contributed by atoms with Crippen LogP contribution in [0.1, 0.15) is 20.3 Å². The Hall–Kier alpha value is -0.120. The van der Waals surface area contributed by atoms with Gasteiger partial charge in [-0.1, -0.05) is 0 Å². The largest absolute Gasteiger partial charge is 0.397 e. The molecule has 0 spiro atoms. The summed E-state index contributed by atoms with van der Waals surface area (Å²) in [5.74, 6) is 0. The fourth-order valence-corrected chi connectivity index (χ4v) is 0.187. The quantitative estimate of drug-likeness (QED) is 0.490. The van der Waals surface area contributed by atoms with Crippen molar-refractivity contribution in [3.8, 4) is 0 Å². The Kier molecular flexibility index (Phi) is 14.0. The third kappa shape index (κ3) is 32.8. The molecule has 3 heteroatoms. The minimum atomic E-state index is -0.352. The summed E-state index contributed by atoms with van der Waals surface area (Å²) >= 11 is 0. The molecule has 0 saturated carbocycles. The Balaban J connectivity index is 0. The minimum absolute atomic E-state index is 0.0810. The summed E-state index contributed by atoms with van der Waals surface area (Å²) < 4.78 is 0. The van der Waals surface area contributed by atoms with E-state index in [0.29, 0.717) is 6.42 Å². The van der Waals surface area contributed by atoms with Crippen molar-refractivity contribution in [2.45, 2.75) is 26.4 Å². The highest BCUT2D eigenvalue weighted by molar-refractivity contribution is 4.40. The van der Waals surface area contributed by atoms with Crippen LogP contribution in [0.25, 0.3) is 0 Å². The summed E-state index contributed by atoms with van der Waals surface area (Å²) in [5, 5.41) is 24.0. The maximum Gasteiger partial charge on any atom is 0.0533 e. The van der Waals surface area contributed by atoms with Crippen molar-refractivity contribution >= 4 is 0 Å². The van der Waals surface area contributed by atoms with E-state index < -0.39 is 0 Å². The summed E-state index contributed by atoms with van der Waals surface area (Å²) in [6.45, 7) is 3.66. The van der Waals surface area contributed by atoms with Crippen molar-refractivity contribution in [2.75, 3.05) is 13.2 Å². The summed E-state index contributed by atoms with van der Waals surface area (Å²) in [6, 6.07) is 0. The summed E-state index contributed by atoms with van der Waals surface area (Å²) in [5.41, 5.74) is 0. The fraction of sp³-hybridized carbons (Fsp3) is 1.00. The Labute approximate surface area is 56.0 Å². The van der Waals surface area contributed by atoms with Crippen LogP contribution in [0.5, 0.6) is 0 Å². The highest BCUT2D eigenvalue weighted by Crippen LogP contribution is 1.83. The van der Waals surface area contributed by atoms with Gasteiger partial charge >= 0.3 is 0 Å². The maximum absolute atomic E-state index is 8.39. The van der Waals surface area contributed by atoms with E-state index in [9.17, 15) is 0 Å². The molecule has 0 radical (unpaired) electrons. The number of rotatable bonds is 2. The van der Waals surface area contributed by atoms with Crippen LogP contribution in [0, 0.1) is 0 Å². The van der Waals surface area contributed by atoms with Gasteiger partial charge in [-0.25, -0.2) is 0 Å². The van der Waals surface area contributed by atoms with Gasteiger partial charge in [0.25, 0.3) is 0 Å². The average molecular weight is 136 g/mol. The number of aliphatic hydroxyl groups excluding tert-OH is 3. The zero-order valence-corrected chi connectivity index (χ0v) is 6.04. The molecule has 0 heterocycles. The van der Waals surface area contributed by atoms with Gasteiger partial charge in [-0.3, -0.25) is 0 Å². The molecule has 1 atom stereocenters. The third-order valence-corrected chi connectivity index (χ3v) is 0.547. The van der Waals surface area contributed by atoms with E-state index in [1.54, 1.807) is 13.8 Å². The molecule has 3 nitrogen and oxygen atoms in total. The molecule has 58 valence electrons. The van der Waals surface area contributed by atoms with E-state index in [1.807, 2.05) is 0 Å². The van der Waals surface area contributed by atoms with Gasteiger partial charge in [0, 0.05) is 13.2 Å². The van der Waals surface area contributed by atoms with E-state index in [-0.39, 0.29) is 19.3 Å². The molecule has 0 bridgehead atoms. The van der Waals surface area contributed by atoms with Gasteiger partial charge in [0.1, 0.15) is 0 Å². The molecular formula is C6H16O3. The first-order chi connectivity index (χ1) is 4.18. The van der Waals surface area contributed by atoms with Crippen LogP contribution in [0.2, 0.25) is 0 Å². The molecular weight excluding hydrogens is 120 g/mol. The smallest absolute Gasteiger partial charge is 0.0533 e. The van der Waals surface area contributed by atoms with Gasteiger partial charge in [0.2, 0.25) is 0 Å². The predicted molar refractivity (Wildman–Crippen MR) is 36.1 cm³/mol. The summed E-state index contributed by atoms with van der Waals surface area (Å²) in [7, 11) is 0. The maximum atomic E-state index is 8.39. The monoisotopic (exact) mass is 136 g/mol. The lowest BCUT2D eigenvalue weighted by Crippen LogP contribution is -2.00. The normalized spacial score (nSPS) is 11.7. The van der Waals surface area contributed by atoms with Gasteiger partial charge in [-0.05, 0) is 20.3 Å². The van der Waals surface area contributed by atoms with Crippen molar-refractivity contribution in [3.63, 3.8) is 0 Å². The lowest BCUT2D eigenvalue weighted by atomic mass is 10.3. The van der Waals surface area contributed by atoms with E-state index in [2.05, 4.69) is 0 Å². The first kappa shape index (κ1) is 11.6. The van der Waals surface area contributed by atoms with Gasteiger partial charge in [0.05, 0.1) is 6.10 Å². The van der Waals surface area contributed by atoms with Crippen molar-refractivity contribution in [1.82, 2.24) is 0 Å². The fourth-order valence-electron chi connectivity index (χ4n) is 0.187.